The molecular weight excluding hydrogens is 306 g/mol. The van der Waals surface area contributed by atoms with Crippen LogP contribution in [0.25, 0.3) is 0 Å². The van der Waals surface area contributed by atoms with Crippen LogP contribution < -0.4 is 15.5 Å². The lowest BCUT2D eigenvalue weighted by Crippen LogP contribution is -2.47. The van der Waals surface area contributed by atoms with E-state index in [2.05, 4.69) is 15.7 Å². The summed E-state index contributed by atoms with van der Waals surface area (Å²) in [5.74, 6) is -0.308. The number of nitrogens with one attached hydrogen (secondary N) is 2. The molecule has 24 heavy (non-hydrogen) atoms. The number of anilines is 2. The molecular formula is C17H21N5O2. The van der Waals surface area contributed by atoms with Gasteiger partial charge in [-0.05, 0) is 32.0 Å². The molecule has 2 atom stereocenters. The van der Waals surface area contributed by atoms with Crippen LogP contribution in [0.2, 0.25) is 0 Å². The minimum absolute atomic E-state index is 0.0423. The lowest BCUT2D eigenvalue weighted by molar-refractivity contribution is -0.121. The predicted molar refractivity (Wildman–Crippen MR) is 91.8 cm³/mol. The highest BCUT2D eigenvalue weighted by Gasteiger charge is 2.26. The van der Waals surface area contributed by atoms with Gasteiger partial charge in [0.05, 0.1) is 24.0 Å². The molecule has 0 bridgehead atoms. The van der Waals surface area contributed by atoms with Crippen LogP contribution in [0.1, 0.15) is 19.9 Å². The van der Waals surface area contributed by atoms with Gasteiger partial charge in [0.15, 0.2) is 0 Å². The molecule has 2 aromatic rings. The number of fused-ring (bicyclic) bond motifs is 1. The molecule has 0 aliphatic carbocycles. The standard InChI is InChI=1S/C17H21N5O2/c1-12(13(2)22-9-5-8-19-22)18-10-17(24)21-11-16(23)20-14-6-3-4-7-15(14)21/h3-9,12-13,18H,10-11H2,1-2H3,(H,20,23)/t12-,13+/m1/s1. The SMILES string of the molecule is C[C@@H](NCC(=O)N1CC(=O)Nc2ccccc21)[C@H](C)n1cccn1. The van der Waals surface area contributed by atoms with Crippen molar-refractivity contribution in [1.29, 1.82) is 0 Å². The van der Waals surface area contributed by atoms with E-state index in [1.165, 1.54) is 4.90 Å². The van der Waals surface area contributed by atoms with Gasteiger partial charge in [-0.15, -0.1) is 0 Å². The average Bonchev–Trinajstić information content (AvgIpc) is 3.12. The zero-order valence-corrected chi connectivity index (χ0v) is 13.8. The number of carbonyl (C=O) groups is 2. The Labute approximate surface area is 140 Å². The highest BCUT2D eigenvalue weighted by molar-refractivity contribution is 6.10. The first-order valence-electron chi connectivity index (χ1n) is 7.98. The molecule has 3 rings (SSSR count). The summed E-state index contributed by atoms with van der Waals surface area (Å²) in [7, 11) is 0. The fraction of sp³-hybridized carbons (Fsp3) is 0.353. The molecule has 126 valence electrons. The van der Waals surface area contributed by atoms with E-state index in [0.29, 0.717) is 5.69 Å². The second-order valence-electron chi connectivity index (χ2n) is 5.94. The van der Waals surface area contributed by atoms with Crippen molar-refractivity contribution < 1.29 is 9.59 Å². The van der Waals surface area contributed by atoms with Gasteiger partial charge in [-0.3, -0.25) is 19.2 Å². The van der Waals surface area contributed by atoms with Gasteiger partial charge < -0.3 is 10.6 Å². The molecule has 7 nitrogen and oxygen atoms in total. The van der Waals surface area contributed by atoms with E-state index in [1.54, 1.807) is 12.3 Å². The third-order valence-electron chi connectivity index (χ3n) is 4.31. The van der Waals surface area contributed by atoms with Crippen molar-refractivity contribution in [3.63, 3.8) is 0 Å². The minimum atomic E-state index is -0.181. The third-order valence-corrected chi connectivity index (χ3v) is 4.31. The summed E-state index contributed by atoms with van der Waals surface area (Å²) in [5.41, 5.74) is 1.40. The highest BCUT2D eigenvalue weighted by atomic mass is 16.2. The molecule has 2 heterocycles. The van der Waals surface area contributed by atoms with E-state index >= 15 is 0 Å². The number of hydrogen-bond acceptors (Lipinski definition) is 4. The maximum Gasteiger partial charge on any atom is 0.244 e. The minimum Gasteiger partial charge on any atom is -0.323 e. The van der Waals surface area contributed by atoms with E-state index in [4.69, 9.17) is 0 Å². The fourth-order valence-corrected chi connectivity index (χ4v) is 2.72. The van der Waals surface area contributed by atoms with E-state index in [-0.39, 0.29) is 37.0 Å². The van der Waals surface area contributed by atoms with Gasteiger partial charge in [0.2, 0.25) is 11.8 Å². The summed E-state index contributed by atoms with van der Waals surface area (Å²) in [6.07, 6.45) is 3.63. The van der Waals surface area contributed by atoms with E-state index in [0.717, 1.165) is 5.69 Å². The Balaban J connectivity index is 1.64. The molecule has 0 radical (unpaired) electrons. The van der Waals surface area contributed by atoms with E-state index in [9.17, 15) is 9.59 Å². The van der Waals surface area contributed by atoms with Gasteiger partial charge in [-0.2, -0.15) is 5.10 Å². The first-order chi connectivity index (χ1) is 11.6. The average molecular weight is 327 g/mol. The summed E-state index contributed by atoms with van der Waals surface area (Å²) in [6, 6.07) is 9.36. The Kier molecular flexibility index (Phi) is 4.61. The molecule has 1 aliphatic heterocycles. The normalized spacial score (nSPS) is 16.2. The number of amides is 2. The van der Waals surface area contributed by atoms with E-state index in [1.807, 2.05) is 49.0 Å². The number of carbonyl (C=O) groups excluding carboxylic acids is 2. The lowest BCUT2D eigenvalue weighted by Gasteiger charge is -2.30. The van der Waals surface area contributed by atoms with Crippen LogP contribution in [-0.4, -0.2) is 40.7 Å². The molecule has 1 aliphatic rings. The molecule has 0 saturated heterocycles. The van der Waals surface area contributed by atoms with Crippen LogP contribution in [0, 0.1) is 0 Å². The van der Waals surface area contributed by atoms with Gasteiger partial charge in [0.1, 0.15) is 6.54 Å². The van der Waals surface area contributed by atoms with Crippen LogP contribution in [0.5, 0.6) is 0 Å². The molecule has 0 spiro atoms. The summed E-state index contributed by atoms with van der Waals surface area (Å²) in [4.78, 5) is 25.9. The largest absolute Gasteiger partial charge is 0.323 e. The fourth-order valence-electron chi connectivity index (χ4n) is 2.72. The molecule has 2 amide bonds. The maximum absolute atomic E-state index is 12.6. The predicted octanol–water partition coefficient (Wildman–Crippen LogP) is 1.41. The number of para-hydroxylation sites is 2. The van der Waals surface area contributed by atoms with Crippen molar-refractivity contribution in [3.8, 4) is 0 Å². The monoisotopic (exact) mass is 327 g/mol. The first kappa shape index (κ1) is 16.2. The van der Waals surface area contributed by atoms with E-state index < -0.39 is 0 Å². The molecule has 0 fully saturated rings. The number of nitrogens with zero attached hydrogens (tertiary/aromatic N) is 3. The smallest absolute Gasteiger partial charge is 0.244 e. The van der Waals surface area contributed by atoms with Crippen molar-refractivity contribution in [2.75, 3.05) is 23.3 Å². The molecule has 7 heteroatoms. The van der Waals surface area contributed by atoms with Crippen LogP contribution in [0.3, 0.4) is 0 Å². The zero-order chi connectivity index (χ0) is 17.1. The van der Waals surface area contributed by atoms with Gasteiger partial charge in [0.25, 0.3) is 0 Å². The third kappa shape index (κ3) is 3.30. The quantitative estimate of drug-likeness (QED) is 0.870. The van der Waals surface area contributed by atoms with Gasteiger partial charge in [-0.25, -0.2) is 0 Å². The van der Waals surface area contributed by atoms with Crippen molar-refractivity contribution in [2.24, 2.45) is 0 Å². The molecule has 1 aromatic carbocycles. The highest BCUT2D eigenvalue weighted by Crippen LogP contribution is 2.28. The van der Waals surface area contributed by atoms with Crippen molar-refractivity contribution in [1.82, 2.24) is 15.1 Å². The molecule has 0 unspecified atom stereocenters. The van der Waals surface area contributed by atoms with Crippen molar-refractivity contribution in [3.05, 3.63) is 42.7 Å². The molecule has 1 aromatic heterocycles. The van der Waals surface area contributed by atoms with Gasteiger partial charge >= 0.3 is 0 Å². The Morgan fingerprint density at radius 1 is 1.33 bits per heavy atom. The summed E-state index contributed by atoms with van der Waals surface area (Å²) in [5, 5.41) is 10.2. The summed E-state index contributed by atoms with van der Waals surface area (Å²) >= 11 is 0. The zero-order valence-electron chi connectivity index (χ0n) is 13.8. The van der Waals surface area contributed by atoms with Crippen molar-refractivity contribution >= 4 is 23.2 Å². The second kappa shape index (κ2) is 6.84. The van der Waals surface area contributed by atoms with Crippen LogP contribution in [0.15, 0.2) is 42.7 Å². The summed E-state index contributed by atoms with van der Waals surface area (Å²) in [6.45, 7) is 4.25. The van der Waals surface area contributed by atoms with Crippen LogP contribution >= 0.6 is 0 Å². The Morgan fingerprint density at radius 2 is 2.12 bits per heavy atom. The second-order valence-corrected chi connectivity index (χ2v) is 5.94. The van der Waals surface area contributed by atoms with Crippen molar-refractivity contribution in [2.45, 2.75) is 25.9 Å². The molecule has 0 saturated carbocycles. The summed E-state index contributed by atoms with van der Waals surface area (Å²) < 4.78 is 1.85. The Hall–Kier alpha value is -2.67. The van der Waals surface area contributed by atoms with Gasteiger partial charge in [-0.1, -0.05) is 12.1 Å². The number of aromatic nitrogens is 2. The maximum atomic E-state index is 12.6. The first-order valence-corrected chi connectivity index (χ1v) is 7.98. The van der Waals surface area contributed by atoms with Gasteiger partial charge in [0, 0.05) is 18.4 Å². The number of hydrogen-bond donors (Lipinski definition) is 2. The van der Waals surface area contributed by atoms with Crippen LogP contribution in [-0.2, 0) is 9.59 Å². The topological polar surface area (TPSA) is 79.3 Å². The molecule has 2 N–H and O–H groups in total. The lowest BCUT2D eigenvalue weighted by atomic mass is 10.1. The Morgan fingerprint density at radius 3 is 2.88 bits per heavy atom. The Bertz CT molecular complexity index is 728. The number of benzene rings is 1. The van der Waals surface area contributed by atoms with Crippen LogP contribution in [0.4, 0.5) is 11.4 Å². The number of rotatable bonds is 5.